The Kier molecular flexibility index (Phi) is 3.54. The SMILES string of the molecule is N#Cc1cc(O)c(O)c(C#N)c1Cc1ccc(F)cc1. The van der Waals surface area contributed by atoms with Gasteiger partial charge in [0.05, 0.1) is 11.6 Å². The molecule has 0 amide bonds. The van der Waals surface area contributed by atoms with Crippen molar-refractivity contribution in [2.75, 3.05) is 0 Å². The van der Waals surface area contributed by atoms with Crippen molar-refractivity contribution >= 4 is 0 Å². The van der Waals surface area contributed by atoms with Gasteiger partial charge in [0.2, 0.25) is 0 Å². The lowest BCUT2D eigenvalue weighted by Gasteiger charge is -2.10. The highest BCUT2D eigenvalue weighted by Gasteiger charge is 2.17. The first-order valence-corrected chi connectivity index (χ1v) is 5.69. The Balaban J connectivity index is 2.56. The van der Waals surface area contributed by atoms with E-state index >= 15 is 0 Å². The third-order valence-electron chi connectivity index (χ3n) is 2.91. The van der Waals surface area contributed by atoms with Crippen LogP contribution in [0, 0.1) is 28.5 Å². The molecule has 0 saturated carbocycles. The van der Waals surface area contributed by atoms with Crippen molar-refractivity contribution in [2.45, 2.75) is 6.42 Å². The fraction of sp³-hybridized carbons (Fsp3) is 0.0667. The van der Waals surface area contributed by atoms with Gasteiger partial charge in [-0.2, -0.15) is 10.5 Å². The molecular formula is C15H9FN2O2. The Hall–Kier alpha value is -3.05. The van der Waals surface area contributed by atoms with E-state index in [1.165, 1.54) is 24.3 Å². The molecule has 5 heteroatoms. The molecule has 2 rings (SSSR count). The molecule has 0 aliphatic carbocycles. The molecule has 0 spiro atoms. The summed E-state index contributed by atoms with van der Waals surface area (Å²) in [5.74, 6) is -1.45. The van der Waals surface area contributed by atoms with Gasteiger partial charge in [-0.15, -0.1) is 0 Å². The number of nitriles is 2. The highest BCUT2D eigenvalue weighted by molar-refractivity contribution is 5.62. The summed E-state index contributed by atoms with van der Waals surface area (Å²) in [5.41, 5.74) is 0.938. The molecule has 0 unspecified atom stereocenters. The zero-order valence-electron chi connectivity index (χ0n) is 10.3. The van der Waals surface area contributed by atoms with Crippen LogP contribution in [-0.4, -0.2) is 10.2 Å². The molecule has 2 N–H and O–H groups in total. The number of hydrogen-bond donors (Lipinski definition) is 2. The maximum atomic E-state index is 12.9. The van der Waals surface area contributed by atoms with E-state index in [0.717, 1.165) is 6.07 Å². The molecule has 0 atom stereocenters. The van der Waals surface area contributed by atoms with Gasteiger partial charge in [0, 0.05) is 12.5 Å². The highest BCUT2D eigenvalue weighted by Crippen LogP contribution is 2.34. The molecule has 4 nitrogen and oxygen atoms in total. The standard InChI is InChI=1S/C15H9FN2O2/c16-11-3-1-9(2-4-11)5-12-10(7-17)6-14(19)15(20)13(12)8-18/h1-4,6,19-20H,5H2. The van der Waals surface area contributed by atoms with Crippen LogP contribution < -0.4 is 0 Å². The molecular weight excluding hydrogens is 259 g/mol. The largest absolute Gasteiger partial charge is 0.504 e. The number of phenolic OH excluding ortho intramolecular Hbond substituents is 2. The quantitative estimate of drug-likeness (QED) is 0.819. The van der Waals surface area contributed by atoms with Gasteiger partial charge in [0.1, 0.15) is 17.4 Å². The molecule has 98 valence electrons. The Morgan fingerprint density at radius 2 is 1.70 bits per heavy atom. The van der Waals surface area contributed by atoms with Crippen molar-refractivity contribution in [3.05, 3.63) is 58.4 Å². The first kappa shape index (κ1) is 13.4. The van der Waals surface area contributed by atoms with Crippen molar-refractivity contribution in [3.8, 4) is 23.6 Å². The minimum Gasteiger partial charge on any atom is -0.504 e. The number of benzene rings is 2. The molecule has 0 aliphatic heterocycles. The summed E-state index contributed by atoms with van der Waals surface area (Å²) in [4.78, 5) is 0. The van der Waals surface area contributed by atoms with Crippen molar-refractivity contribution in [1.29, 1.82) is 10.5 Å². The van der Waals surface area contributed by atoms with Crippen LogP contribution in [0.4, 0.5) is 4.39 Å². The van der Waals surface area contributed by atoms with Gasteiger partial charge >= 0.3 is 0 Å². The second kappa shape index (κ2) is 5.29. The van der Waals surface area contributed by atoms with Crippen LogP contribution in [0.3, 0.4) is 0 Å². The van der Waals surface area contributed by atoms with E-state index in [9.17, 15) is 14.6 Å². The van der Waals surface area contributed by atoms with E-state index in [4.69, 9.17) is 10.5 Å². The van der Waals surface area contributed by atoms with E-state index in [1.54, 1.807) is 6.07 Å². The van der Waals surface area contributed by atoms with Crippen LogP contribution in [-0.2, 0) is 6.42 Å². The van der Waals surface area contributed by atoms with Gasteiger partial charge in [-0.25, -0.2) is 4.39 Å². The summed E-state index contributed by atoms with van der Waals surface area (Å²) in [6, 6.07) is 10.4. The Morgan fingerprint density at radius 1 is 1.05 bits per heavy atom. The minimum atomic E-state index is -0.552. The van der Waals surface area contributed by atoms with Crippen LogP contribution in [0.5, 0.6) is 11.5 Å². The molecule has 20 heavy (non-hydrogen) atoms. The van der Waals surface area contributed by atoms with E-state index < -0.39 is 11.5 Å². The number of halogens is 1. The van der Waals surface area contributed by atoms with Gasteiger partial charge in [0.25, 0.3) is 0 Å². The Labute approximate surface area is 114 Å². The number of phenols is 2. The molecule has 0 aromatic heterocycles. The van der Waals surface area contributed by atoms with Crippen LogP contribution in [0.1, 0.15) is 22.3 Å². The number of rotatable bonds is 2. The summed E-state index contributed by atoms with van der Waals surface area (Å²) in [6.07, 6.45) is 0.180. The van der Waals surface area contributed by atoms with Gasteiger partial charge in [0.15, 0.2) is 11.5 Å². The summed E-state index contributed by atoms with van der Waals surface area (Å²) in [5, 5.41) is 37.3. The summed E-state index contributed by atoms with van der Waals surface area (Å²) in [6.45, 7) is 0. The predicted molar refractivity (Wildman–Crippen MR) is 68.4 cm³/mol. The number of hydrogen-bond acceptors (Lipinski definition) is 4. The van der Waals surface area contributed by atoms with Crippen LogP contribution in [0.15, 0.2) is 30.3 Å². The monoisotopic (exact) mass is 268 g/mol. The summed E-state index contributed by atoms with van der Waals surface area (Å²) < 4.78 is 12.9. The number of nitrogens with zero attached hydrogens (tertiary/aromatic N) is 2. The molecule has 2 aromatic carbocycles. The lowest BCUT2D eigenvalue weighted by atomic mass is 9.94. The van der Waals surface area contributed by atoms with E-state index in [2.05, 4.69) is 0 Å². The topological polar surface area (TPSA) is 88.0 Å². The molecule has 0 bridgehead atoms. The maximum absolute atomic E-state index is 12.9. The molecule has 2 aromatic rings. The summed E-state index contributed by atoms with van der Waals surface area (Å²) >= 11 is 0. The summed E-state index contributed by atoms with van der Waals surface area (Å²) in [7, 11) is 0. The fourth-order valence-electron chi connectivity index (χ4n) is 1.91. The Bertz CT molecular complexity index is 740. The van der Waals surface area contributed by atoms with Crippen molar-refractivity contribution in [3.63, 3.8) is 0 Å². The maximum Gasteiger partial charge on any atom is 0.175 e. The minimum absolute atomic E-state index is 0.0983. The number of aromatic hydroxyl groups is 2. The van der Waals surface area contributed by atoms with Crippen molar-refractivity contribution in [1.82, 2.24) is 0 Å². The molecule has 0 radical (unpaired) electrons. The molecule has 0 fully saturated rings. The predicted octanol–water partition coefficient (Wildman–Crippen LogP) is 2.57. The lowest BCUT2D eigenvalue weighted by Crippen LogP contribution is -1.98. The highest BCUT2D eigenvalue weighted by atomic mass is 19.1. The van der Waals surface area contributed by atoms with Gasteiger partial charge in [-0.3, -0.25) is 0 Å². The van der Waals surface area contributed by atoms with Crippen LogP contribution >= 0.6 is 0 Å². The second-order valence-corrected chi connectivity index (χ2v) is 4.17. The smallest absolute Gasteiger partial charge is 0.175 e. The zero-order chi connectivity index (χ0) is 14.7. The van der Waals surface area contributed by atoms with Crippen LogP contribution in [0.25, 0.3) is 0 Å². The average Bonchev–Trinajstić information content (AvgIpc) is 2.45. The first-order valence-electron chi connectivity index (χ1n) is 5.69. The van der Waals surface area contributed by atoms with Crippen molar-refractivity contribution in [2.24, 2.45) is 0 Å². The van der Waals surface area contributed by atoms with E-state index in [-0.39, 0.29) is 23.4 Å². The molecule has 0 aliphatic rings. The van der Waals surface area contributed by atoms with E-state index in [0.29, 0.717) is 11.1 Å². The third-order valence-corrected chi connectivity index (χ3v) is 2.91. The van der Waals surface area contributed by atoms with Gasteiger partial charge in [-0.05, 0) is 23.3 Å². The zero-order valence-corrected chi connectivity index (χ0v) is 10.3. The first-order chi connectivity index (χ1) is 9.56. The third kappa shape index (κ3) is 2.38. The Morgan fingerprint density at radius 3 is 2.25 bits per heavy atom. The molecule has 0 saturated heterocycles. The average molecular weight is 268 g/mol. The van der Waals surface area contributed by atoms with E-state index in [1.807, 2.05) is 6.07 Å². The fourth-order valence-corrected chi connectivity index (χ4v) is 1.91. The molecule has 0 heterocycles. The second-order valence-electron chi connectivity index (χ2n) is 4.17. The van der Waals surface area contributed by atoms with Gasteiger partial charge in [-0.1, -0.05) is 12.1 Å². The van der Waals surface area contributed by atoms with Crippen LogP contribution in [0.2, 0.25) is 0 Å². The normalized spacial score (nSPS) is 9.75. The van der Waals surface area contributed by atoms with Crippen molar-refractivity contribution < 1.29 is 14.6 Å². The van der Waals surface area contributed by atoms with Gasteiger partial charge < -0.3 is 10.2 Å². The lowest BCUT2D eigenvalue weighted by molar-refractivity contribution is 0.402.